The van der Waals surface area contributed by atoms with Crippen molar-refractivity contribution in [3.05, 3.63) is 52.0 Å². The predicted molar refractivity (Wildman–Crippen MR) is 81.3 cm³/mol. The Morgan fingerprint density at radius 1 is 1.40 bits per heavy atom. The van der Waals surface area contributed by atoms with Gasteiger partial charge in [-0.25, -0.2) is 4.98 Å². The highest BCUT2D eigenvalue weighted by molar-refractivity contribution is 7.09. The van der Waals surface area contributed by atoms with Gasteiger partial charge in [0, 0.05) is 18.1 Å². The van der Waals surface area contributed by atoms with Crippen molar-refractivity contribution in [1.82, 2.24) is 10.3 Å². The molecule has 0 fully saturated rings. The first-order chi connectivity index (χ1) is 9.74. The maximum Gasteiger partial charge on any atom is 0.224 e. The number of rotatable bonds is 6. The topological polar surface area (TPSA) is 68.0 Å². The van der Waals surface area contributed by atoms with Crippen molar-refractivity contribution < 1.29 is 4.79 Å². The Kier molecular flexibility index (Phi) is 5.26. The molecule has 0 aliphatic rings. The van der Waals surface area contributed by atoms with E-state index in [1.165, 1.54) is 0 Å². The van der Waals surface area contributed by atoms with E-state index in [9.17, 15) is 4.79 Å². The molecule has 1 aromatic heterocycles. The number of nitrogens with one attached hydrogen (secondary N) is 1. The molecule has 0 aliphatic carbocycles. The van der Waals surface area contributed by atoms with E-state index in [0.717, 1.165) is 22.6 Å². The van der Waals surface area contributed by atoms with Gasteiger partial charge in [-0.2, -0.15) is 0 Å². The lowest BCUT2D eigenvalue weighted by Crippen LogP contribution is -2.29. The van der Waals surface area contributed by atoms with Crippen LogP contribution in [0.2, 0.25) is 0 Å². The Morgan fingerprint density at radius 2 is 2.15 bits per heavy atom. The zero-order valence-corrected chi connectivity index (χ0v) is 12.3. The van der Waals surface area contributed by atoms with Crippen LogP contribution in [0.3, 0.4) is 0 Å². The summed E-state index contributed by atoms with van der Waals surface area (Å²) in [7, 11) is 0. The summed E-state index contributed by atoms with van der Waals surface area (Å²) in [6.45, 7) is 2.49. The number of hydrogen-bond donors (Lipinski definition) is 2. The number of nitrogens with two attached hydrogens (primary N) is 1. The van der Waals surface area contributed by atoms with Gasteiger partial charge in [-0.15, -0.1) is 11.3 Å². The molecule has 0 spiro atoms. The summed E-state index contributed by atoms with van der Waals surface area (Å²) in [5.41, 5.74) is 7.70. The highest BCUT2D eigenvalue weighted by atomic mass is 32.1. The third kappa shape index (κ3) is 3.65. The molecule has 2 rings (SSSR count). The lowest BCUT2D eigenvalue weighted by Gasteiger charge is -2.15. The minimum atomic E-state index is -0.00691. The van der Waals surface area contributed by atoms with Crippen LogP contribution in [0.15, 0.2) is 35.8 Å². The van der Waals surface area contributed by atoms with E-state index in [4.69, 9.17) is 5.73 Å². The average molecular weight is 289 g/mol. The van der Waals surface area contributed by atoms with Crippen LogP contribution in [0.1, 0.15) is 35.5 Å². The fourth-order valence-corrected chi connectivity index (χ4v) is 2.87. The lowest BCUT2D eigenvalue weighted by atomic mass is 10.0. The number of carbonyl (C=O) groups excluding carboxylic acids is 1. The summed E-state index contributed by atoms with van der Waals surface area (Å²) in [5.74, 6) is 0.00736. The molecule has 0 saturated heterocycles. The minimum absolute atomic E-state index is 0.00691. The van der Waals surface area contributed by atoms with Gasteiger partial charge >= 0.3 is 0 Å². The molecule has 0 saturated carbocycles. The summed E-state index contributed by atoms with van der Waals surface area (Å²) in [4.78, 5) is 16.4. The SMILES string of the molecule is CCC(NC(=O)Cc1ccccc1CN)c1nccs1. The van der Waals surface area contributed by atoms with Gasteiger partial charge in [0.05, 0.1) is 12.5 Å². The van der Waals surface area contributed by atoms with E-state index in [0.29, 0.717) is 13.0 Å². The molecule has 0 aliphatic heterocycles. The second-order valence-corrected chi connectivity index (χ2v) is 5.47. The van der Waals surface area contributed by atoms with E-state index in [1.54, 1.807) is 17.5 Å². The average Bonchev–Trinajstić information content (AvgIpc) is 2.99. The Hall–Kier alpha value is -1.72. The van der Waals surface area contributed by atoms with Crippen LogP contribution in [0.25, 0.3) is 0 Å². The molecular weight excluding hydrogens is 270 g/mol. The van der Waals surface area contributed by atoms with Crippen molar-refractivity contribution in [2.24, 2.45) is 5.73 Å². The smallest absolute Gasteiger partial charge is 0.224 e. The molecule has 1 aromatic carbocycles. The van der Waals surface area contributed by atoms with Gasteiger partial charge < -0.3 is 11.1 Å². The molecule has 5 heteroatoms. The fourth-order valence-electron chi connectivity index (χ4n) is 2.09. The van der Waals surface area contributed by atoms with Gasteiger partial charge in [0.1, 0.15) is 5.01 Å². The maximum atomic E-state index is 12.2. The second-order valence-electron chi connectivity index (χ2n) is 4.55. The molecule has 0 bridgehead atoms. The van der Waals surface area contributed by atoms with Crippen molar-refractivity contribution in [3.8, 4) is 0 Å². The van der Waals surface area contributed by atoms with Gasteiger partial charge in [0.15, 0.2) is 0 Å². The van der Waals surface area contributed by atoms with Crippen molar-refractivity contribution in [3.63, 3.8) is 0 Å². The van der Waals surface area contributed by atoms with Crippen molar-refractivity contribution in [2.75, 3.05) is 0 Å². The number of nitrogens with zero attached hydrogens (tertiary/aromatic N) is 1. The molecule has 1 heterocycles. The van der Waals surface area contributed by atoms with Crippen LogP contribution in [0.4, 0.5) is 0 Å². The Balaban J connectivity index is 2.01. The maximum absolute atomic E-state index is 12.2. The van der Waals surface area contributed by atoms with Crippen molar-refractivity contribution >= 4 is 17.2 Å². The Bertz CT molecular complexity index is 554. The minimum Gasteiger partial charge on any atom is -0.347 e. The number of thiazole rings is 1. The van der Waals surface area contributed by atoms with Gasteiger partial charge in [-0.05, 0) is 17.5 Å². The van der Waals surface area contributed by atoms with E-state index in [-0.39, 0.29) is 11.9 Å². The normalized spacial score (nSPS) is 12.1. The van der Waals surface area contributed by atoms with E-state index >= 15 is 0 Å². The van der Waals surface area contributed by atoms with E-state index in [1.807, 2.05) is 36.6 Å². The number of amides is 1. The molecule has 1 amide bonds. The third-order valence-corrected chi connectivity index (χ3v) is 4.07. The molecule has 0 radical (unpaired) electrons. The van der Waals surface area contributed by atoms with Crippen LogP contribution in [-0.2, 0) is 17.8 Å². The summed E-state index contributed by atoms with van der Waals surface area (Å²) in [6.07, 6.45) is 2.95. The Labute approximate surface area is 123 Å². The first-order valence-corrected chi connectivity index (χ1v) is 7.58. The van der Waals surface area contributed by atoms with Gasteiger partial charge in [0.2, 0.25) is 5.91 Å². The van der Waals surface area contributed by atoms with Crippen LogP contribution >= 0.6 is 11.3 Å². The highest BCUT2D eigenvalue weighted by Crippen LogP contribution is 2.19. The molecule has 1 unspecified atom stereocenters. The van der Waals surface area contributed by atoms with Gasteiger partial charge in [0.25, 0.3) is 0 Å². The van der Waals surface area contributed by atoms with Crippen molar-refractivity contribution in [1.29, 1.82) is 0 Å². The lowest BCUT2D eigenvalue weighted by molar-refractivity contribution is -0.121. The molecule has 3 N–H and O–H groups in total. The van der Waals surface area contributed by atoms with Crippen LogP contribution in [0, 0.1) is 0 Å². The summed E-state index contributed by atoms with van der Waals surface area (Å²) < 4.78 is 0. The highest BCUT2D eigenvalue weighted by Gasteiger charge is 2.15. The van der Waals surface area contributed by atoms with Crippen molar-refractivity contribution in [2.45, 2.75) is 32.4 Å². The standard InChI is InChI=1S/C15H19N3OS/c1-2-13(15-17-7-8-20-15)18-14(19)9-11-5-3-4-6-12(11)10-16/h3-8,13H,2,9-10,16H2,1H3,(H,18,19). The quantitative estimate of drug-likeness (QED) is 0.858. The molecular formula is C15H19N3OS. The second kappa shape index (κ2) is 7.17. The van der Waals surface area contributed by atoms with Crippen LogP contribution in [0.5, 0.6) is 0 Å². The van der Waals surface area contributed by atoms with E-state index < -0.39 is 0 Å². The Morgan fingerprint density at radius 3 is 2.75 bits per heavy atom. The number of aromatic nitrogens is 1. The summed E-state index contributed by atoms with van der Waals surface area (Å²) >= 11 is 1.57. The van der Waals surface area contributed by atoms with E-state index in [2.05, 4.69) is 10.3 Å². The summed E-state index contributed by atoms with van der Waals surface area (Å²) in [5, 5.41) is 5.91. The summed E-state index contributed by atoms with van der Waals surface area (Å²) in [6, 6.07) is 7.77. The van der Waals surface area contributed by atoms with Gasteiger partial charge in [-0.1, -0.05) is 31.2 Å². The first-order valence-electron chi connectivity index (χ1n) is 6.70. The molecule has 2 aromatic rings. The predicted octanol–water partition coefficient (Wildman–Crippen LogP) is 2.41. The largest absolute Gasteiger partial charge is 0.347 e. The van der Waals surface area contributed by atoms with Gasteiger partial charge in [-0.3, -0.25) is 4.79 Å². The number of benzene rings is 1. The fraction of sp³-hybridized carbons (Fsp3) is 0.333. The molecule has 4 nitrogen and oxygen atoms in total. The molecule has 20 heavy (non-hydrogen) atoms. The van der Waals surface area contributed by atoms with Crippen LogP contribution in [-0.4, -0.2) is 10.9 Å². The zero-order valence-electron chi connectivity index (χ0n) is 11.5. The molecule has 1 atom stereocenters. The monoisotopic (exact) mass is 289 g/mol. The number of carbonyl (C=O) groups is 1. The number of hydrogen-bond acceptors (Lipinski definition) is 4. The first kappa shape index (κ1) is 14.7. The zero-order chi connectivity index (χ0) is 14.4. The van der Waals surface area contributed by atoms with Crippen LogP contribution < -0.4 is 11.1 Å². The molecule has 106 valence electrons. The third-order valence-electron chi connectivity index (χ3n) is 3.18.